The summed E-state index contributed by atoms with van der Waals surface area (Å²) in [7, 11) is -5.90. The van der Waals surface area contributed by atoms with E-state index in [1.807, 2.05) is 0 Å². The molecule has 0 aliphatic carbocycles. The molecule has 0 saturated heterocycles. The van der Waals surface area contributed by atoms with Gasteiger partial charge in [0.15, 0.2) is 0 Å². The first-order chi connectivity index (χ1) is 4.06. The van der Waals surface area contributed by atoms with Crippen LogP contribution in [-0.2, 0) is 20.2 Å². The van der Waals surface area contributed by atoms with E-state index >= 15 is 0 Å². The predicted octanol–water partition coefficient (Wildman–Crippen LogP) is -7.78. The molecule has 0 saturated carbocycles. The Morgan fingerprint density at radius 3 is 1.27 bits per heavy atom. The summed E-state index contributed by atoms with van der Waals surface area (Å²) < 4.78 is 36.3. The van der Waals surface area contributed by atoms with Gasteiger partial charge in [0.2, 0.25) is 0 Å². The summed E-state index contributed by atoms with van der Waals surface area (Å²) in [5.74, 6) is 0. The van der Waals surface area contributed by atoms with Gasteiger partial charge in [-0.1, -0.05) is 0 Å². The first kappa shape index (κ1) is 23.0. The van der Waals surface area contributed by atoms with E-state index < -0.39 is 20.2 Å². The SMILES string of the molecule is N=CN.O=S([O-])S(=O)[O-].[Na+].[Na+]. The Morgan fingerprint density at radius 1 is 1.18 bits per heavy atom. The summed E-state index contributed by atoms with van der Waals surface area (Å²) in [5.41, 5.74) is 4.39. The summed E-state index contributed by atoms with van der Waals surface area (Å²) in [5, 5.41) is 5.86. The van der Waals surface area contributed by atoms with Crippen molar-refractivity contribution in [2.24, 2.45) is 5.73 Å². The van der Waals surface area contributed by atoms with Gasteiger partial charge in [0, 0.05) is 20.2 Å². The molecular formula is CH4N2Na2O4S2. The standard InChI is InChI=1S/CH4N2.2Na.H2O4S2/c2-1-3;;;1-5(2)6(3)4/h1H,(H3,2,3);;;(H,1,2)(H,3,4)/q;2*+1;/p-2. The molecule has 0 spiro atoms. The Labute approximate surface area is 113 Å². The minimum Gasteiger partial charge on any atom is -0.763 e. The van der Waals surface area contributed by atoms with Crippen molar-refractivity contribution < 1.29 is 76.6 Å². The smallest absolute Gasteiger partial charge is 0.763 e. The minimum absolute atomic E-state index is 0. The number of hydrogen-bond donors (Lipinski definition) is 2. The van der Waals surface area contributed by atoms with Crippen molar-refractivity contribution in [3.8, 4) is 0 Å². The van der Waals surface area contributed by atoms with Gasteiger partial charge in [-0.25, -0.2) is 0 Å². The Hall–Kier alpha value is 1.69. The quantitative estimate of drug-likeness (QED) is 0.148. The minimum atomic E-state index is -2.95. The van der Waals surface area contributed by atoms with Crippen molar-refractivity contribution >= 4 is 26.6 Å². The fourth-order valence-electron chi connectivity index (χ4n) is 0. The Morgan fingerprint density at radius 2 is 1.27 bits per heavy atom. The van der Waals surface area contributed by atoms with E-state index in [-0.39, 0.29) is 59.1 Å². The summed E-state index contributed by atoms with van der Waals surface area (Å²) >= 11 is 0. The number of rotatable bonds is 1. The van der Waals surface area contributed by atoms with Crippen LogP contribution in [-0.4, -0.2) is 23.9 Å². The number of hydrogen-bond acceptors (Lipinski definition) is 5. The second-order valence-corrected chi connectivity index (χ2v) is 3.02. The fraction of sp³-hybridized carbons (Fsp3) is 0. The maximum atomic E-state index is 9.09. The molecule has 0 aliphatic rings. The van der Waals surface area contributed by atoms with E-state index in [1.165, 1.54) is 0 Å². The van der Waals surface area contributed by atoms with E-state index in [0.29, 0.717) is 0 Å². The molecule has 0 aliphatic heterocycles. The van der Waals surface area contributed by atoms with Crippen LogP contribution in [0.15, 0.2) is 0 Å². The fourth-order valence-corrected chi connectivity index (χ4v) is 0. The third-order valence-electron chi connectivity index (χ3n) is 0.111. The first-order valence-corrected chi connectivity index (χ1v) is 4.12. The molecule has 0 rings (SSSR count). The monoisotopic (exact) mass is 218 g/mol. The van der Waals surface area contributed by atoms with Crippen LogP contribution >= 0.6 is 0 Å². The van der Waals surface area contributed by atoms with Gasteiger partial charge >= 0.3 is 59.1 Å². The summed E-state index contributed by atoms with van der Waals surface area (Å²) in [4.78, 5) is 0. The predicted molar refractivity (Wildman–Crippen MR) is 30.8 cm³/mol. The molecule has 6 nitrogen and oxygen atoms in total. The van der Waals surface area contributed by atoms with Gasteiger partial charge < -0.3 is 14.8 Å². The molecule has 2 atom stereocenters. The van der Waals surface area contributed by atoms with Crippen LogP contribution < -0.4 is 64.8 Å². The molecule has 3 N–H and O–H groups in total. The van der Waals surface area contributed by atoms with E-state index in [1.54, 1.807) is 0 Å². The molecule has 10 heteroatoms. The van der Waals surface area contributed by atoms with E-state index in [4.69, 9.17) is 22.9 Å². The summed E-state index contributed by atoms with van der Waals surface area (Å²) in [6.45, 7) is 0. The topological polar surface area (TPSA) is 130 Å². The van der Waals surface area contributed by atoms with Crippen LogP contribution in [0, 0.1) is 5.41 Å². The van der Waals surface area contributed by atoms with Crippen molar-refractivity contribution in [2.45, 2.75) is 0 Å². The molecule has 0 aromatic heterocycles. The molecule has 0 aromatic carbocycles. The average Bonchev–Trinajstić information content (AvgIpc) is 1.68. The maximum Gasteiger partial charge on any atom is 1.00 e. The van der Waals surface area contributed by atoms with Crippen LogP contribution in [0.5, 0.6) is 0 Å². The second kappa shape index (κ2) is 17.7. The van der Waals surface area contributed by atoms with Gasteiger partial charge in [-0.15, -0.1) is 0 Å². The summed E-state index contributed by atoms with van der Waals surface area (Å²) in [6.07, 6.45) is 0.750. The Bertz CT molecular complexity index is 119. The zero-order valence-electron chi connectivity index (χ0n) is 6.10. The normalized spacial score (nSPS) is 11.8. The Balaban J connectivity index is -0.0000000437. The van der Waals surface area contributed by atoms with E-state index in [2.05, 4.69) is 5.73 Å². The molecule has 0 bridgehead atoms. The third-order valence-corrected chi connectivity index (χ3v) is 1.00. The van der Waals surface area contributed by atoms with Gasteiger partial charge in [-0.3, -0.25) is 13.8 Å². The van der Waals surface area contributed by atoms with Crippen LogP contribution in [0.3, 0.4) is 0 Å². The van der Waals surface area contributed by atoms with E-state index in [9.17, 15) is 0 Å². The molecule has 0 aromatic rings. The third kappa shape index (κ3) is 33.9. The van der Waals surface area contributed by atoms with Crippen LogP contribution in [0.25, 0.3) is 0 Å². The Kier molecular flexibility index (Phi) is 36.9. The molecule has 0 heterocycles. The molecular weight excluding hydrogens is 214 g/mol. The average molecular weight is 218 g/mol. The van der Waals surface area contributed by atoms with Crippen molar-refractivity contribution in [3.05, 3.63) is 0 Å². The molecule has 56 valence electrons. The van der Waals surface area contributed by atoms with E-state index in [0.717, 1.165) is 6.34 Å². The van der Waals surface area contributed by atoms with Gasteiger partial charge in [0.1, 0.15) is 0 Å². The molecule has 0 fully saturated rings. The number of nitrogens with one attached hydrogen (secondary N) is 1. The number of nitrogens with two attached hydrogens (primary N) is 1. The zero-order valence-corrected chi connectivity index (χ0v) is 11.7. The van der Waals surface area contributed by atoms with Crippen LogP contribution in [0.2, 0.25) is 0 Å². The van der Waals surface area contributed by atoms with Crippen LogP contribution in [0.1, 0.15) is 0 Å². The molecule has 2 unspecified atom stereocenters. The summed E-state index contributed by atoms with van der Waals surface area (Å²) in [6, 6.07) is 0. The van der Waals surface area contributed by atoms with Crippen molar-refractivity contribution in [2.75, 3.05) is 0 Å². The van der Waals surface area contributed by atoms with Gasteiger partial charge in [0.05, 0.1) is 6.34 Å². The second-order valence-electron chi connectivity index (χ2n) is 0.575. The largest absolute Gasteiger partial charge is 1.00 e. The first-order valence-electron chi connectivity index (χ1n) is 1.46. The van der Waals surface area contributed by atoms with Crippen molar-refractivity contribution in [1.29, 1.82) is 5.41 Å². The van der Waals surface area contributed by atoms with Crippen molar-refractivity contribution in [3.63, 3.8) is 0 Å². The zero-order chi connectivity index (χ0) is 7.86. The van der Waals surface area contributed by atoms with Crippen molar-refractivity contribution in [1.82, 2.24) is 0 Å². The van der Waals surface area contributed by atoms with Gasteiger partial charge in [0.25, 0.3) is 0 Å². The van der Waals surface area contributed by atoms with Gasteiger partial charge in [-0.2, -0.15) is 0 Å². The molecule has 0 amide bonds. The molecule has 0 radical (unpaired) electrons. The molecule has 11 heavy (non-hydrogen) atoms. The van der Waals surface area contributed by atoms with Crippen LogP contribution in [0.4, 0.5) is 0 Å². The maximum absolute atomic E-state index is 9.09. The van der Waals surface area contributed by atoms with Gasteiger partial charge in [-0.05, 0) is 0 Å².